The molecule has 23 heavy (non-hydrogen) atoms. The van der Waals surface area contributed by atoms with Gasteiger partial charge in [-0.25, -0.2) is 0 Å². The lowest BCUT2D eigenvalue weighted by atomic mass is 10.0. The Kier molecular flexibility index (Phi) is 5.68. The van der Waals surface area contributed by atoms with Gasteiger partial charge in [0.25, 0.3) is 0 Å². The van der Waals surface area contributed by atoms with E-state index in [1.807, 2.05) is 6.92 Å². The molecular weight excluding hydrogens is 288 g/mol. The molecule has 0 aromatic heterocycles. The van der Waals surface area contributed by atoms with Gasteiger partial charge >= 0.3 is 0 Å². The van der Waals surface area contributed by atoms with Crippen molar-refractivity contribution in [3.05, 3.63) is 35.9 Å². The van der Waals surface area contributed by atoms with E-state index in [1.165, 1.54) is 18.4 Å². The highest BCUT2D eigenvalue weighted by Crippen LogP contribution is 2.31. The maximum atomic E-state index is 12.4. The van der Waals surface area contributed by atoms with E-state index < -0.39 is 0 Å². The molecule has 2 fully saturated rings. The van der Waals surface area contributed by atoms with Gasteiger partial charge in [-0.1, -0.05) is 30.3 Å². The zero-order valence-corrected chi connectivity index (χ0v) is 14.1. The van der Waals surface area contributed by atoms with Crippen LogP contribution in [0.4, 0.5) is 0 Å². The molecule has 0 radical (unpaired) electrons. The number of ether oxygens (including phenoxy) is 1. The fraction of sp³-hybridized carbons (Fsp3) is 0.632. The largest absolute Gasteiger partial charge is 0.372 e. The summed E-state index contributed by atoms with van der Waals surface area (Å²) in [7, 11) is 0. The maximum absolute atomic E-state index is 12.4. The Morgan fingerprint density at radius 3 is 2.65 bits per heavy atom. The highest BCUT2D eigenvalue weighted by Gasteiger charge is 2.39. The second-order valence-electron chi connectivity index (χ2n) is 6.60. The van der Waals surface area contributed by atoms with E-state index in [0.717, 1.165) is 32.5 Å². The van der Waals surface area contributed by atoms with Gasteiger partial charge < -0.3 is 9.64 Å². The predicted molar refractivity (Wildman–Crippen MR) is 91.1 cm³/mol. The van der Waals surface area contributed by atoms with E-state index in [2.05, 4.69) is 40.1 Å². The van der Waals surface area contributed by atoms with Gasteiger partial charge in [-0.15, -0.1) is 0 Å². The summed E-state index contributed by atoms with van der Waals surface area (Å²) >= 11 is 0. The molecule has 0 aliphatic carbocycles. The second kappa shape index (κ2) is 7.93. The first-order valence-electron chi connectivity index (χ1n) is 8.94. The molecule has 1 aromatic rings. The molecule has 3 rings (SSSR count). The molecule has 4 nitrogen and oxygen atoms in total. The van der Waals surface area contributed by atoms with Gasteiger partial charge in [-0.05, 0) is 44.7 Å². The summed E-state index contributed by atoms with van der Waals surface area (Å²) in [5, 5.41) is 0. The molecule has 0 bridgehead atoms. The first kappa shape index (κ1) is 16.5. The van der Waals surface area contributed by atoms with Crippen molar-refractivity contribution in [2.45, 2.75) is 51.2 Å². The van der Waals surface area contributed by atoms with Crippen LogP contribution >= 0.6 is 0 Å². The summed E-state index contributed by atoms with van der Waals surface area (Å²) in [4.78, 5) is 17.1. The fourth-order valence-corrected chi connectivity index (χ4v) is 4.08. The molecule has 0 spiro atoms. The van der Waals surface area contributed by atoms with Gasteiger partial charge in [0.05, 0.1) is 0 Å². The maximum Gasteiger partial charge on any atom is 0.248 e. The highest BCUT2D eigenvalue weighted by molar-refractivity contribution is 5.78. The van der Waals surface area contributed by atoms with Crippen LogP contribution in [0.15, 0.2) is 30.3 Å². The van der Waals surface area contributed by atoms with E-state index in [0.29, 0.717) is 18.7 Å². The molecule has 0 N–H and O–H groups in total. The molecule has 0 saturated carbocycles. The minimum absolute atomic E-state index is 0.168. The lowest BCUT2D eigenvalue weighted by Gasteiger charge is -2.35. The quantitative estimate of drug-likeness (QED) is 0.809. The number of likely N-dealkylation sites (tertiary alicyclic amines) is 2. The summed E-state index contributed by atoms with van der Waals surface area (Å²) in [6.07, 6.45) is 4.70. The van der Waals surface area contributed by atoms with Crippen LogP contribution in [0.3, 0.4) is 0 Å². The monoisotopic (exact) mass is 316 g/mol. The summed E-state index contributed by atoms with van der Waals surface area (Å²) < 4.78 is 5.34. The van der Waals surface area contributed by atoms with Crippen molar-refractivity contribution in [2.24, 2.45) is 0 Å². The molecule has 2 aliphatic rings. The zero-order valence-electron chi connectivity index (χ0n) is 14.1. The molecule has 1 aromatic carbocycles. The molecule has 2 atom stereocenters. The summed E-state index contributed by atoms with van der Waals surface area (Å²) in [6.45, 7) is 5.81. The normalized spacial score (nSPS) is 25.2. The Morgan fingerprint density at radius 1 is 1.13 bits per heavy atom. The lowest BCUT2D eigenvalue weighted by molar-refractivity contribution is -0.137. The Labute approximate surface area is 139 Å². The number of carbonyl (C=O) groups excluding carboxylic acids is 1. The molecule has 2 saturated heterocycles. The highest BCUT2D eigenvalue weighted by atomic mass is 16.5. The summed E-state index contributed by atoms with van der Waals surface area (Å²) in [6, 6.07) is 11.5. The zero-order chi connectivity index (χ0) is 16.1. The Hall–Kier alpha value is -1.39. The van der Waals surface area contributed by atoms with E-state index in [9.17, 15) is 4.79 Å². The number of hydrogen-bond acceptors (Lipinski definition) is 3. The van der Waals surface area contributed by atoms with Crippen LogP contribution in [0.1, 0.15) is 38.2 Å². The minimum atomic E-state index is 0.168. The number of amides is 1. The third-order valence-corrected chi connectivity index (χ3v) is 5.14. The predicted octanol–water partition coefficient (Wildman–Crippen LogP) is 2.68. The van der Waals surface area contributed by atoms with E-state index >= 15 is 0 Å². The minimum Gasteiger partial charge on any atom is -0.372 e. The molecule has 4 heteroatoms. The van der Waals surface area contributed by atoms with E-state index in [1.54, 1.807) is 0 Å². The molecule has 2 unspecified atom stereocenters. The van der Waals surface area contributed by atoms with Gasteiger partial charge in [-0.3, -0.25) is 9.69 Å². The molecule has 2 aliphatic heterocycles. The van der Waals surface area contributed by atoms with Crippen molar-refractivity contribution in [3.63, 3.8) is 0 Å². The van der Waals surface area contributed by atoms with Crippen LogP contribution in [0.2, 0.25) is 0 Å². The third kappa shape index (κ3) is 3.93. The van der Waals surface area contributed by atoms with E-state index in [-0.39, 0.29) is 12.5 Å². The van der Waals surface area contributed by atoms with Crippen molar-refractivity contribution >= 4 is 5.91 Å². The Bertz CT molecular complexity index is 505. The van der Waals surface area contributed by atoms with Crippen LogP contribution in [-0.2, 0) is 16.1 Å². The SMILES string of the molecule is CCOCC(=O)N1CCCC1C1CCCN1Cc1ccccc1. The first-order chi connectivity index (χ1) is 11.3. The van der Waals surface area contributed by atoms with Crippen LogP contribution in [0.25, 0.3) is 0 Å². The van der Waals surface area contributed by atoms with Crippen molar-refractivity contribution in [2.75, 3.05) is 26.3 Å². The number of carbonyl (C=O) groups is 1. The Morgan fingerprint density at radius 2 is 1.87 bits per heavy atom. The third-order valence-electron chi connectivity index (χ3n) is 5.14. The second-order valence-corrected chi connectivity index (χ2v) is 6.60. The van der Waals surface area contributed by atoms with Gasteiger partial charge in [0, 0.05) is 31.8 Å². The van der Waals surface area contributed by atoms with Gasteiger partial charge in [0.2, 0.25) is 5.91 Å². The molecular formula is C19H28N2O2. The average molecular weight is 316 g/mol. The van der Waals surface area contributed by atoms with E-state index in [4.69, 9.17) is 4.74 Å². The number of benzene rings is 1. The summed E-state index contributed by atoms with van der Waals surface area (Å²) in [5.41, 5.74) is 1.37. The topological polar surface area (TPSA) is 32.8 Å². The fourth-order valence-electron chi connectivity index (χ4n) is 4.08. The smallest absolute Gasteiger partial charge is 0.248 e. The van der Waals surface area contributed by atoms with Crippen molar-refractivity contribution < 1.29 is 9.53 Å². The standard InChI is InChI=1S/C19H28N2O2/c1-2-23-15-19(22)21-13-7-11-18(21)17-10-6-12-20(17)14-16-8-4-3-5-9-16/h3-5,8-9,17-18H,2,6-7,10-15H2,1H3. The van der Waals surface area contributed by atoms with Crippen LogP contribution in [0, 0.1) is 0 Å². The molecule has 126 valence electrons. The number of nitrogens with zero attached hydrogens (tertiary/aromatic N) is 2. The van der Waals surface area contributed by atoms with Gasteiger partial charge in [0.1, 0.15) is 6.61 Å². The van der Waals surface area contributed by atoms with Crippen molar-refractivity contribution in [1.29, 1.82) is 0 Å². The van der Waals surface area contributed by atoms with Gasteiger partial charge in [-0.2, -0.15) is 0 Å². The average Bonchev–Trinajstić information content (AvgIpc) is 3.22. The van der Waals surface area contributed by atoms with Crippen LogP contribution in [0.5, 0.6) is 0 Å². The number of hydrogen-bond donors (Lipinski definition) is 0. The van der Waals surface area contributed by atoms with Crippen LogP contribution < -0.4 is 0 Å². The first-order valence-corrected chi connectivity index (χ1v) is 8.94. The van der Waals surface area contributed by atoms with Crippen LogP contribution in [-0.4, -0.2) is 54.1 Å². The Balaban J connectivity index is 1.65. The van der Waals surface area contributed by atoms with Gasteiger partial charge in [0.15, 0.2) is 0 Å². The van der Waals surface area contributed by atoms with Crippen molar-refractivity contribution in [1.82, 2.24) is 9.80 Å². The summed E-state index contributed by atoms with van der Waals surface area (Å²) in [5.74, 6) is 0.168. The molecule has 1 amide bonds. The molecule has 2 heterocycles. The number of rotatable bonds is 6. The van der Waals surface area contributed by atoms with Crippen molar-refractivity contribution in [3.8, 4) is 0 Å². The lowest BCUT2D eigenvalue weighted by Crippen LogP contribution is -2.49.